The van der Waals surface area contributed by atoms with Gasteiger partial charge in [-0.25, -0.2) is 12.8 Å². The van der Waals surface area contributed by atoms with Gasteiger partial charge in [-0.05, 0) is 44.4 Å². The van der Waals surface area contributed by atoms with Gasteiger partial charge in [0.05, 0.1) is 0 Å². The minimum Gasteiger partial charge on any atom is -0.310 e. The Morgan fingerprint density at radius 2 is 2.05 bits per heavy atom. The van der Waals surface area contributed by atoms with Crippen molar-refractivity contribution in [1.82, 2.24) is 9.62 Å². The van der Waals surface area contributed by atoms with E-state index < -0.39 is 15.8 Å². The van der Waals surface area contributed by atoms with E-state index in [4.69, 9.17) is 0 Å². The third-order valence-electron chi connectivity index (χ3n) is 3.55. The summed E-state index contributed by atoms with van der Waals surface area (Å²) in [4.78, 5) is -0.246. The quantitative estimate of drug-likeness (QED) is 0.875. The summed E-state index contributed by atoms with van der Waals surface area (Å²) in [7, 11) is -2.32. The molecule has 0 spiro atoms. The lowest BCUT2D eigenvalue weighted by Crippen LogP contribution is -2.33. The lowest BCUT2D eigenvalue weighted by atomic mass is 10.2. The number of halogens is 1. The maximum atomic E-state index is 13.9. The molecule has 1 fully saturated rings. The molecule has 4 nitrogen and oxygen atoms in total. The topological polar surface area (TPSA) is 49.4 Å². The van der Waals surface area contributed by atoms with Gasteiger partial charge in [0.15, 0.2) is 0 Å². The molecule has 1 aromatic carbocycles. The van der Waals surface area contributed by atoms with E-state index in [0.29, 0.717) is 12.6 Å². The molecule has 6 heteroatoms. The molecule has 1 aromatic rings. The van der Waals surface area contributed by atoms with Gasteiger partial charge in [0.2, 0.25) is 10.0 Å². The van der Waals surface area contributed by atoms with Gasteiger partial charge in [0.1, 0.15) is 10.7 Å². The molecule has 1 aliphatic carbocycles. The average molecular weight is 300 g/mol. The second-order valence-electron chi connectivity index (χ2n) is 5.53. The van der Waals surface area contributed by atoms with Crippen molar-refractivity contribution in [1.29, 1.82) is 0 Å². The van der Waals surface area contributed by atoms with E-state index in [1.54, 1.807) is 19.9 Å². The number of rotatable bonds is 6. The Morgan fingerprint density at radius 3 is 2.60 bits per heavy atom. The van der Waals surface area contributed by atoms with Crippen LogP contribution in [0.1, 0.15) is 32.3 Å². The fourth-order valence-electron chi connectivity index (χ4n) is 1.84. The molecule has 0 aliphatic heterocycles. The Kier molecular flexibility index (Phi) is 4.46. The predicted molar refractivity (Wildman–Crippen MR) is 76.3 cm³/mol. The summed E-state index contributed by atoms with van der Waals surface area (Å²) in [6.45, 7) is 4.08. The Balaban J connectivity index is 2.26. The number of hydrogen-bond donors (Lipinski definition) is 1. The largest absolute Gasteiger partial charge is 0.310 e. The highest BCUT2D eigenvalue weighted by atomic mass is 32.2. The van der Waals surface area contributed by atoms with Gasteiger partial charge < -0.3 is 5.32 Å². The van der Waals surface area contributed by atoms with Gasteiger partial charge >= 0.3 is 0 Å². The average Bonchev–Trinajstić information content (AvgIpc) is 3.20. The van der Waals surface area contributed by atoms with E-state index in [9.17, 15) is 12.8 Å². The van der Waals surface area contributed by atoms with Crippen LogP contribution in [0.2, 0.25) is 0 Å². The summed E-state index contributed by atoms with van der Waals surface area (Å²) in [5.41, 5.74) is 0.786. The fraction of sp³-hybridized carbons (Fsp3) is 0.571. The van der Waals surface area contributed by atoms with Crippen LogP contribution in [0.25, 0.3) is 0 Å². The van der Waals surface area contributed by atoms with Crippen molar-refractivity contribution in [2.75, 3.05) is 7.05 Å². The molecule has 0 saturated heterocycles. The van der Waals surface area contributed by atoms with Gasteiger partial charge in [-0.1, -0.05) is 6.07 Å². The van der Waals surface area contributed by atoms with E-state index in [0.717, 1.165) is 18.4 Å². The minimum absolute atomic E-state index is 0.215. The van der Waals surface area contributed by atoms with Crippen LogP contribution in [0.4, 0.5) is 4.39 Å². The zero-order valence-electron chi connectivity index (χ0n) is 12.1. The van der Waals surface area contributed by atoms with Crippen molar-refractivity contribution in [2.45, 2.75) is 50.2 Å². The summed E-state index contributed by atoms with van der Waals surface area (Å²) >= 11 is 0. The molecule has 1 N–H and O–H groups in total. The molecular weight excluding hydrogens is 279 g/mol. The van der Waals surface area contributed by atoms with Gasteiger partial charge in [0.25, 0.3) is 0 Å². The van der Waals surface area contributed by atoms with E-state index in [1.807, 2.05) is 0 Å². The van der Waals surface area contributed by atoms with Crippen LogP contribution < -0.4 is 5.32 Å². The molecule has 0 unspecified atom stereocenters. The Hall–Kier alpha value is -0.980. The lowest BCUT2D eigenvalue weighted by Gasteiger charge is -2.21. The maximum absolute atomic E-state index is 13.9. The monoisotopic (exact) mass is 300 g/mol. The van der Waals surface area contributed by atoms with Gasteiger partial charge in [0, 0.05) is 25.7 Å². The third kappa shape index (κ3) is 3.37. The lowest BCUT2D eigenvalue weighted by molar-refractivity contribution is 0.407. The summed E-state index contributed by atoms with van der Waals surface area (Å²) in [5.74, 6) is -0.701. The molecule has 0 radical (unpaired) electrons. The first-order valence-electron chi connectivity index (χ1n) is 6.82. The van der Waals surface area contributed by atoms with Crippen LogP contribution >= 0.6 is 0 Å². The predicted octanol–water partition coefficient (Wildman–Crippen LogP) is 2.11. The third-order valence-corrected chi connectivity index (χ3v) is 5.60. The highest BCUT2D eigenvalue weighted by Gasteiger charge is 2.27. The Labute approximate surface area is 120 Å². The van der Waals surface area contributed by atoms with Crippen LogP contribution in [0, 0.1) is 5.82 Å². The number of hydrogen-bond acceptors (Lipinski definition) is 3. The molecule has 0 atom stereocenters. The van der Waals surface area contributed by atoms with Crippen LogP contribution in [-0.4, -0.2) is 31.9 Å². The summed E-state index contributed by atoms with van der Waals surface area (Å²) < 4.78 is 39.8. The van der Waals surface area contributed by atoms with E-state index in [2.05, 4.69) is 5.32 Å². The van der Waals surface area contributed by atoms with Crippen molar-refractivity contribution in [2.24, 2.45) is 0 Å². The maximum Gasteiger partial charge on any atom is 0.245 e. The number of benzene rings is 1. The SMILES string of the molecule is CC(C)N(C)S(=O)(=O)c1cc(CNC2CC2)ccc1F. The minimum atomic E-state index is -3.78. The summed E-state index contributed by atoms with van der Waals surface area (Å²) in [6.07, 6.45) is 2.31. The van der Waals surface area contributed by atoms with Crippen LogP contribution in [0.5, 0.6) is 0 Å². The molecule has 0 heterocycles. The van der Waals surface area contributed by atoms with E-state index >= 15 is 0 Å². The first-order valence-corrected chi connectivity index (χ1v) is 8.26. The molecule has 0 aromatic heterocycles. The van der Waals surface area contributed by atoms with Crippen LogP contribution in [-0.2, 0) is 16.6 Å². The van der Waals surface area contributed by atoms with Crippen LogP contribution in [0.3, 0.4) is 0 Å². The molecule has 1 saturated carbocycles. The highest BCUT2D eigenvalue weighted by Crippen LogP contribution is 2.23. The second-order valence-corrected chi connectivity index (χ2v) is 7.50. The van der Waals surface area contributed by atoms with Crippen molar-refractivity contribution in [3.8, 4) is 0 Å². The highest BCUT2D eigenvalue weighted by molar-refractivity contribution is 7.89. The Morgan fingerprint density at radius 1 is 1.40 bits per heavy atom. The molecule has 0 bridgehead atoms. The molecule has 112 valence electrons. The smallest absolute Gasteiger partial charge is 0.245 e. The number of nitrogens with one attached hydrogen (secondary N) is 1. The van der Waals surface area contributed by atoms with Gasteiger partial charge in [-0.15, -0.1) is 0 Å². The fourth-order valence-corrected chi connectivity index (χ4v) is 3.32. The van der Waals surface area contributed by atoms with Crippen molar-refractivity contribution in [3.05, 3.63) is 29.6 Å². The van der Waals surface area contributed by atoms with Crippen molar-refractivity contribution in [3.63, 3.8) is 0 Å². The Bertz CT molecular complexity index is 583. The second kappa shape index (κ2) is 5.79. The molecule has 2 rings (SSSR count). The first kappa shape index (κ1) is 15.4. The summed E-state index contributed by atoms with van der Waals surface area (Å²) in [6, 6.07) is 4.59. The normalized spacial score (nSPS) is 16.1. The first-order chi connectivity index (χ1) is 9.32. The number of nitrogens with zero attached hydrogens (tertiary/aromatic N) is 1. The van der Waals surface area contributed by atoms with Crippen molar-refractivity contribution >= 4 is 10.0 Å². The van der Waals surface area contributed by atoms with Crippen molar-refractivity contribution < 1.29 is 12.8 Å². The molecule has 1 aliphatic rings. The molecular formula is C14H21FN2O2S. The van der Waals surface area contributed by atoms with E-state index in [1.165, 1.54) is 23.5 Å². The number of sulfonamides is 1. The zero-order valence-corrected chi connectivity index (χ0v) is 12.9. The van der Waals surface area contributed by atoms with Gasteiger partial charge in [-0.3, -0.25) is 0 Å². The zero-order chi connectivity index (χ0) is 14.9. The van der Waals surface area contributed by atoms with Crippen LogP contribution in [0.15, 0.2) is 23.1 Å². The summed E-state index contributed by atoms with van der Waals surface area (Å²) in [5, 5.41) is 3.29. The van der Waals surface area contributed by atoms with Gasteiger partial charge in [-0.2, -0.15) is 4.31 Å². The molecule has 0 amide bonds. The molecule has 20 heavy (non-hydrogen) atoms. The van der Waals surface area contributed by atoms with E-state index in [-0.39, 0.29) is 10.9 Å². The standard InChI is InChI=1S/C14H21FN2O2S/c1-10(2)17(3)20(18,19)14-8-11(4-7-13(14)15)9-16-12-5-6-12/h4,7-8,10,12,16H,5-6,9H2,1-3H3.